The van der Waals surface area contributed by atoms with Crippen LogP contribution in [0.15, 0.2) is 77.5 Å². The van der Waals surface area contributed by atoms with Crippen molar-refractivity contribution in [1.29, 1.82) is 0 Å². The molecule has 24 heavy (non-hydrogen) atoms. The van der Waals surface area contributed by atoms with Crippen molar-refractivity contribution < 1.29 is 8.81 Å². The number of halogens is 1. The Morgan fingerprint density at radius 1 is 0.958 bits per heavy atom. The Morgan fingerprint density at radius 3 is 2.58 bits per heavy atom. The number of nitrogens with zero attached hydrogens (tertiary/aromatic N) is 3. The van der Waals surface area contributed by atoms with E-state index in [1.54, 1.807) is 29.3 Å². The minimum Gasteiger partial charge on any atom is -0.463 e. The maximum Gasteiger partial charge on any atom is 0.151 e. The molecule has 0 aliphatic rings. The second kappa shape index (κ2) is 6.12. The summed E-state index contributed by atoms with van der Waals surface area (Å²) in [7, 11) is 0. The molecule has 3 heterocycles. The van der Waals surface area contributed by atoms with Crippen LogP contribution in [0.4, 0.5) is 4.39 Å². The van der Waals surface area contributed by atoms with Gasteiger partial charge in [0, 0.05) is 11.8 Å². The monoisotopic (exact) mass is 319 g/mol. The van der Waals surface area contributed by atoms with Crippen molar-refractivity contribution in [2.24, 2.45) is 0 Å². The summed E-state index contributed by atoms with van der Waals surface area (Å²) in [5.41, 5.74) is 2.83. The fourth-order valence-electron chi connectivity index (χ4n) is 2.59. The predicted molar refractivity (Wildman–Crippen MR) is 88.7 cm³/mol. The SMILES string of the molecule is Fc1ccccc1Cn1nc(-c2ccccn2)cc1-c1ccco1. The third-order valence-corrected chi connectivity index (χ3v) is 3.76. The maximum atomic E-state index is 14.0. The van der Waals surface area contributed by atoms with Gasteiger partial charge in [-0.05, 0) is 36.4 Å². The Bertz CT molecular complexity index is 946. The van der Waals surface area contributed by atoms with E-state index in [-0.39, 0.29) is 5.82 Å². The van der Waals surface area contributed by atoms with E-state index >= 15 is 0 Å². The van der Waals surface area contributed by atoms with E-state index in [1.165, 1.54) is 6.07 Å². The largest absolute Gasteiger partial charge is 0.463 e. The predicted octanol–water partition coefficient (Wildman–Crippen LogP) is 4.39. The molecule has 0 bridgehead atoms. The zero-order valence-corrected chi connectivity index (χ0v) is 12.8. The minimum absolute atomic E-state index is 0.252. The molecular formula is C19H14FN3O. The van der Waals surface area contributed by atoms with E-state index in [0.29, 0.717) is 17.9 Å². The lowest BCUT2D eigenvalue weighted by Crippen LogP contribution is -2.05. The molecule has 0 atom stereocenters. The van der Waals surface area contributed by atoms with Crippen molar-refractivity contribution in [2.45, 2.75) is 6.54 Å². The van der Waals surface area contributed by atoms with E-state index in [1.807, 2.05) is 42.5 Å². The topological polar surface area (TPSA) is 43.9 Å². The zero-order valence-electron chi connectivity index (χ0n) is 12.8. The normalized spacial score (nSPS) is 10.9. The van der Waals surface area contributed by atoms with Crippen molar-refractivity contribution in [2.75, 3.05) is 0 Å². The van der Waals surface area contributed by atoms with E-state index in [2.05, 4.69) is 10.1 Å². The second-order valence-electron chi connectivity index (χ2n) is 5.36. The van der Waals surface area contributed by atoms with Gasteiger partial charge in [-0.25, -0.2) is 4.39 Å². The molecule has 0 N–H and O–H groups in total. The first kappa shape index (κ1) is 14.4. The molecule has 0 unspecified atom stereocenters. The average molecular weight is 319 g/mol. The van der Waals surface area contributed by atoms with Gasteiger partial charge in [-0.1, -0.05) is 24.3 Å². The molecule has 118 valence electrons. The van der Waals surface area contributed by atoms with Crippen LogP contribution in [-0.2, 0) is 6.54 Å². The van der Waals surface area contributed by atoms with E-state index < -0.39 is 0 Å². The van der Waals surface area contributed by atoms with Crippen molar-refractivity contribution in [3.8, 4) is 22.8 Å². The van der Waals surface area contributed by atoms with Crippen molar-refractivity contribution in [1.82, 2.24) is 14.8 Å². The number of pyridine rings is 1. The first-order valence-electron chi connectivity index (χ1n) is 7.58. The summed E-state index contributed by atoms with van der Waals surface area (Å²) in [5.74, 6) is 0.429. The molecule has 1 aromatic carbocycles. The van der Waals surface area contributed by atoms with Crippen LogP contribution in [-0.4, -0.2) is 14.8 Å². The van der Waals surface area contributed by atoms with Crippen LogP contribution < -0.4 is 0 Å². The van der Waals surface area contributed by atoms with E-state index in [0.717, 1.165) is 17.1 Å². The van der Waals surface area contributed by atoms with Crippen molar-refractivity contribution in [3.63, 3.8) is 0 Å². The average Bonchev–Trinajstić information content (AvgIpc) is 3.27. The summed E-state index contributed by atoms with van der Waals surface area (Å²) in [4.78, 5) is 4.33. The third kappa shape index (κ3) is 2.72. The van der Waals surface area contributed by atoms with Crippen molar-refractivity contribution in [3.05, 3.63) is 84.5 Å². The number of hydrogen-bond acceptors (Lipinski definition) is 3. The van der Waals surface area contributed by atoms with Crippen LogP contribution in [0.1, 0.15) is 5.56 Å². The molecule has 0 radical (unpaired) electrons. The molecule has 0 amide bonds. The Kier molecular flexibility index (Phi) is 3.67. The number of aromatic nitrogens is 3. The lowest BCUT2D eigenvalue weighted by atomic mass is 10.2. The molecule has 4 rings (SSSR count). The van der Waals surface area contributed by atoms with Gasteiger partial charge in [0.05, 0.1) is 18.5 Å². The summed E-state index contributed by atoms with van der Waals surface area (Å²) in [6.07, 6.45) is 3.33. The van der Waals surface area contributed by atoms with Crippen LogP contribution in [0.3, 0.4) is 0 Å². The van der Waals surface area contributed by atoms with Gasteiger partial charge in [-0.3, -0.25) is 9.67 Å². The Balaban J connectivity index is 1.80. The van der Waals surface area contributed by atoms with Gasteiger partial charge < -0.3 is 4.42 Å². The fourth-order valence-corrected chi connectivity index (χ4v) is 2.59. The molecule has 3 aromatic heterocycles. The highest BCUT2D eigenvalue weighted by Crippen LogP contribution is 2.26. The summed E-state index contributed by atoms with van der Waals surface area (Å²) in [6, 6.07) is 17.9. The zero-order chi connectivity index (χ0) is 16.4. The Labute approximate surface area is 138 Å². The van der Waals surface area contributed by atoms with Crippen LogP contribution in [0.2, 0.25) is 0 Å². The first-order valence-corrected chi connectivity index (χ1v) is 7.58. The standard InChI is InChI=1S/C19H14FN3O/c20-15-7-2-1-6-14(15)13-23-18(19-9-5-11-24-19)12-17(22-23)16-8-3-4-10-21-16/h1-12H,13H2. The van der Waals surface area contributed by atoms with E-state index in [4.69, 9.17) is 4.42 Å². The summed E-state index contributed by atoms with van der Waals surface area (Å²) >= 11 is 0. The van der Waals surface area contributed by atoms with Crippen LogP contribution in [0, 0.1) is 5.82 Å². The number of benzene rings is 1. The molecule has 5 heteroatoms. The lowest BCUT2D eigenvalue weighted by Gasteiger charge is -2.06. The molecule has 0 saturated carbocycles. The fraction of sp³-hybridized carbons (Fsp3) is 0.0526. The summed E-state index contributed by atoms with van der Waals surface area (Å²) in [6.45, 7) is 0.315. The van der Waals surface area contributed by atoms with Crippen LogP contribution in [0.5, 0.6) is 0 Å². The number of furan rings is 1. The first-order chi connectivity index (χ1) is 11.8. The molecule has 4 nitrogen and oxygen atoms in total. The van der Waals surface area contributed by atoms with Gasteiger partial charge in [0.15, 0.2) is 5.76 Å². The van der Waals surface area contributed by atoms with Crippen molar-refractivity contribution >= 4 is 0 Å². The molecule has 0 fully saturated rings. The molecular weight excluding hydrogens is 305 g/mol. The quantitative estimate of drug-likeness (QED) is 0.560. The van der Waals surface area contributed by atoms with Gasteiger partial charge in [0.25, 0.3) is 0 Å². The highest BCUT2D eigenvalue weighted by molar-refractivity contribution is 5.63. The second-order valence-corrected chi connectivity index (χ2v) is 5.36. The molecule has 4 aromatic rings. The Hall–Kier alpha value is -3.21. The number of rotatable bonds is 4. The van der Waals surface area contributed by atoms with Gasteiger partial charge >= 0.3 is 0 Å². The smallest absolute Gasteiger partial charge is 0.151 e. The van der Waals surface area contributed by atoms with Gasteiger partial charge in [-0.15, -0.1) is 0 Å². The van der Waals surface area contributed by atoms with Crippen LogP contribution >= 0.6 is 0 Å². The third-order valence-electron chi connectivity index (χ3n) is 3.76. The lowest BCUT2D eigenvalue weighted by molar-refractivity contribution is 0.560. The molecule has 0 saturated heterocycles. The minimum atomic E-state index is -0.252. The van der Waals surface area contributed by atoms with Crippen LogP contribution in [0.25, 0.3) is 22.8 Å². The van der Waals surface area contributed by atoms with Gasteiger partial charge in [0.2, 0.25) is 0 Å². The molecule has 0 aliphatic heterocycles. The molecule has 0 spiro atoms. The maximum absolute atomic E-state index is 14.0. The summed E-state index contributed by atoms with van der Waals surface area (Å²) < 4.78 is 21.2. The van der Waals surface area contributed by atoms with Gasteiger partial charge in [0.1, 0.15) is 17.2 Å². The Morgan fingerprint density at radius 2 is 1.83 bits per heavy atom. The molecule has 0 aliphatic carbocycles. The summed E-state index contributed by atoms with van der Waals surface area (Å²) in [5, 5.41) is 4.60. The van der Waals surface area contributed by atoms with Gasteiger partial charge in [-0.2, -0.15) is 5.10 Å². The highest BCUT2D eigenvalue weighted by atomic mass is 19.1. The number of hydrogen-bond donors (Lipinski definition) is 0. The highest BCUT2D eigenvalue weighted by Gasteiger charge is 2.15. The van der Waals surface area contributed by atoms with E-state index in [9.17, 15) is 4.39 Å².